The Morgan fingerprint density at radius 3 is 2.76 bits per heavy atom. The van der Waals surface area contributed by atoms with Crippen molar-refractivity contribution in [1.29, 1.82) is 0 Å². The molecule has 1 aromatic carbocycles. The number of piperidine rings is 1. The van der Waals surface area contributed by atoms with Crippen LogP contribution in [0, 0.1) is 18.3 Å². The SMILES string of the molecule is C#Cc1ccc(CN2CC(CNc3cccc4c3CN(C3CCC(=O)NC3=O)C4=O)C2)cn1. The minimum absolute atomic E-state index is 0.151. The molecule has 168 valence electrons. The van der Waals surface area contributed by atoms with Gasteiger partial charge in [-0.05, 0) is 30.2 Å². The van der Waals surface area contributed by atoms with E-state index in [-0.39, 0.29) is 24.1 Å². The zero-order valence-corrected chi connectivity index (χ0v) is 18.2. The van der Waals surface area contributed by atoms with E-state index < -0.39 is 6.04 Å². The van der Waals surface area contributed by atoms with Gasteiger partial charge in [0.05, 0.1) is 0 Å². The standard InChI is InChI=1S/C25H25N5O3/c1-2-18-7-6-16(10-26-18)12-29-13-17(14-29)11-27-21-5-3-4-19-20(21)15-30(25(19)33)22-8-9-23(31)28-24(22)32/h1,3-7,10,17,22,27H,8-9,11-15H2,(H,28,31,32). The van der Waals surface area contributed by atoms with Crippen LogP contribution < -0.4 is 10.6 Å². The first-order valence-corrected chi connectivity index (χ1v) is 11.2. The van der Waals surface area contributed by atoms with E-state index in [1.54, 1.807) is 11.0 Å². The molecule has 1 atom stereocenters. The number of likely N-dealkylation sites (tertiary alicyclic amines) is 1. The lowest BCUT2D eigenvalue weighted by Crippen LogP contribution is -2.52. The van der Waals surface area contributed by atoms with E-state index in [2.05, 4.69) is 26.4 Å². The molecule has 0 bridgehead atoms. The summed E-state index contributed by atoms with van der Waals surface area (Å²) in [6, 6.07) is 8.94. The summed E-state index contributed by atoms with van der Waals surface area (Å²) in [5, 5.41) is 5.86. The van der Waals surface area contributed by atoms with Gasteiger partial charge in [0.1, 0.15) is 11.7 Å². The van der Waals surface area contributed by atoms with Crippen molar-refractivity contribution in [2.24, 2.45) is 5.92 Å². The molecule has 0 saturated carbocycles. The molecule has 3 aliphatic heterocycles. The van der Waals surface area contributed by atoms with Crippen LogP contribution in [-0.4, -0.2) is 58.2 Å². The maximum Gasteiger partial charge on any atom is 0.255 e. The molecule has 1 aromatic heterocycles. The highest BCUT2D eigenvalue weighted by atomic mass is 16.2. The average molecular weight is 444 g/mol. The molecule has 0 radical (unpaired) electrons. The van der Waals surface area contributed by atoms with Gasteiger partial charge in [-0.1, -0.05) is 18.1 Å². The van der Waals surface area contributed by atoms with Gasteiger partial charge in [-0.2, -0.15) is 0 Å². The Labute approximate surface area is 192 Å². The minimum atomic E-state index is -0.597. The molecule has 0 spiro atoms. The summed E-state index contributed by atoms with van der Waals surface area (Å²) >= 11 is 0. The molecule has 2 aromatic rings. The van der Waals surface area contributed by atoms with Crippen molar-refractivity contribution in [3.8, 4) is 12.3 Å². The maximum atomic E-state index is 12.9. The molecule has 5 rings (SSSR count). The Bertz CT molecular complexity index is 1150. The van der Waals surface area contributed by atoms with Crippen LogP contribution in [0.5, 0.6) is 0 Å². The zero-order chi connectivity index (χ0) is 22.9. The Morgan fingerprint density at radius 2 is 2.03 bits per heavy atom. The van der Waals surface area contributed by atoms with Gasteiger partial charge in [-0.15, -0.1) is 6.42 Å². The van der Waals surface area contributed by atoms with Crippen molar-refractivity contribution in [3.05, 3.63) is 58.9 Å². The number of hydrogen-bond acceptors (Lipinski definition) is 6. The van der Waals surface area contributed by atoms with Crippen molar-refractivity contribution in [3.63, 3.8) is 0 Å². The molecule has 2 fully saturated rings. The van der Waals surface area contributed by atoms with Crippen molar-refractivity contribution in [2.75, 3.05) is 25.0 Å². The summed E-state index contributed by atoms with van der Waals surface area (Å²) < 4.78 is 0. The van der Waals surface area contributed by atoms with E-state index in [1.165, 1.54) is 0 Å². The second-order valence-electron chi connectivity index (χ2n) is 8.87. The molecule has 4 heterocycles. The summed E-state index contributed by atoms with van der Waals surface area (Å²) in [4.78, 5) is 44.9. The fraction of sp³-hybridized carbons (Fsp3) is 0.360. The van der Waals surface area contributed by atoms with Gasteiger partial charge >= 0.3 is 0 Å². The molecule has 2 N–H and O–H groups in total. The third-order valence-electron chi connectivity index (χ3n) is 6.57. The second kappa shape index (κ2) is 8.68. The summed E-state index contributed by atoms with van der Waals surface area (Å²) in [7, 11) is 0. The molecule has 0 aliphatic carbocycles. The molecular formula is C25H25N5O3. The fourth-order valence-electron chi connectivity index (χ4n) is 4.80. The largest absolute Gasteiger partial charge is 0.384 e. The van der Waals surface area contributed by atoms with Crippen molar-refractivity contribution < 1.29 is 14.4 Å². The summed E-state index contributed by atoms with van der Waals surface area (Å²) in [5.74, 6) is 2.23. The van der Waals surface area contributed by atoms with Crippen LogP contribution in [0.2, 0.25) is 0 Å². The number of nitrogens with zero attached hydrogens (tertiary/aromatic N) is 3. The number of hydrogen-bond donors (Lipinski definition) is 2. The monoisotopic (exact) mass is 443 g/mol. The van der Waals surface area contributed by atoms with Gasteiger partial charge < -0.3 is 10.2 Å². The number of aromatic nitrogens is 1. The lowest BCUT2D eigenvalue weighted by molar-refractivity contribution is -0.136. The van der Waals surface area contributed by atoms with Crippen LogP contribution >= 0.6 is 0 Å². The fourth-order valence-corrected chi connectivity index (χ4v) is 4.80. The topological polar surface area (TPSA) is 94.6 Å². The second-order valence-corrected chi connectivity index (χ2v) is 8.87. The molecule has 8 heteroatoms. The number of anilines is 1. The van der Waals surface area contributed by atoms with Gasteiger partial charge in [-0.3, -0.25) is 24.6 Å². The number of rotatable bonds is 6. The Hall–Kier alpha value is -3.70. The number of nitrogens with one attached hydrogen (secondary N) is 2. The number of amides is 3. The number of carbonyl (C=O) groups is 3. The van der Waals surface area contributed by atoms with Crippen molar-refractivity contribution in [1.82, 2.24) is 20.1 Å². The molecule has 33 heavy (non-hydrogen) atoms. The molecule has 3 amide bonds. The van der Waals surface area contributed by atoms with E-state index in [9.17, 15) is 14.4 Å². The summed E-state index contributed by atoms with van der Waals surface area (Å²) in [6.07, 6.45) is 7.81. The maximum absolute atomic E-state index is 12.9. The molecular weight excluding hydrogens is 418 g/mol. The summed E-state index contributed by atoms with van der Waals surface area (Å²) in [5.41, 5.74) is 4.27. The number of fused-ring (bicyclic) bond motifs is 1. The zero-order valence-electron chi connectivity index (χ0n) is 18.2. The van der Waals surface area contributed by atoms with Crippen LogP contribution in [0.25, 0.3) is 0 Å². The number of pyridine rings is 1. The lowest BCUT2D eigenvalue weighted by Gasteiger charge is -2.39. The quantitative estimate of drug-likeness (QED) is 0.517. The third-order valence-corrected chi connectivity index (χ3v) is 6.57. The Kier molecular flexibility index (Phi) is 5.56. The van der Waals surface area contributed by atoms with Gasteiger partial charge in [0, 0.05) is 68.1 Å². The minimum Gasteiger partial charge on any atom is -0.384 e. The van der Waals surface area contributed by atoms with Crippen LogP contribution in [0.3, 0.4) is 0 Å². The number of terminal acetylenes is 1. The highest BCUT2D eigenvalue weighted by Gasteiger charge is 2.40. The lowest BCUT2D eigenvalue weighted by atomic mass is 9.98. The Balaban J connectivity index is 1.16. The number of benzene rings is 1. The van der Waals surface area contributed by atoms with Crippen molar-refractivity contribution >= 4 is 23.4 Å². The van der Waals surface area contributed by atoms with E-state index in [0.29, 0.717) is 30.1 Å². The van der Waals surface area contributed by atoms with E-state index >= 15 is 0 Å². The summed E-state index contributed by atoms with van der Waals surface area (Å²) in [6.45, 7) is 4.01. The first kappa shape index (κ1) is 21.2. The van der Waals surface area contributed by atoms with Gasteiger partial charge in [0.15, 0.2) is 0 Å². The molecule has 8 nitrogen and oxygen atoms in total. The van der Waals surface area contributed by atoms with Crippen LogP contribution in [0.4, 0.5) is 5.69 Å². The highest BCUT2D eigenvalue weighted by molar-refractivity contribution is 6.06. The van der Waals surface area contributed by atoms with Gasteiger partial charge in [0.25, 0.3) is 5.91 Å². The van der Waals surface area contributed by atoms with E-state index in [1.807, 2.05) is 30.5 Å². The predicted octanol–water partition coefficient (Wildman–Crippen LogP) is 1.37. The predicted molar refractivity (Wildman–Crippen MR) is 122 cm³/mol. The van der Waals surface area contributed by atoms with Gasteiger partial charge in [-0.25, -0.2) is 4.98 Å². The van der Waals surface area contributed by atoms with Crippen LogP contribution in [-0.2, 0) is 22.7 Å². The van der Waals surface area contributed by atoms with Gasteiger partial charge in [0.2, 0.25) is 11.8 Å². The third kappa shape index (κ3) is 4.20. The first-order valence-electron chi connectivity index (χ1n) is 11.2. The Morgan fingerprint density at radius 1 is 1.18 bits per heavy atom. The average Bonchev–Trinajstić information content (AvgIpc) is 3.12. The number of carbonyl (C=O) groups excluding carboxylic acids is 3. The smallest absolute Gasteiger partial charge is 0.255 e. The molecule has 1 unspecified atom stereocenters. The van der Waals surface area contributed by atoms with E-state index in [4.69, 9.17) is 6.42 Å². The van der Waals surface area contributed by atoms with Crippen LogP contribution in [0.1, 0.15) is 40.0 Å². The normalized spacial score (nSPS) is 20.8. The van der Waals surface area contributed by atoms with Crippen LogP contribution in [0.15, 0.2) is 36.5 Å². The molecule has 3 aliphatic rings. The first-order chi connectivity index (χ1) is 16.0. The molecule has 2 saturated heterocycles. The number of imide groups is 1. The van der Waals surface area contributed by atoms with Crippen molar-refractivity contribution in [2.45, 2.75) is 32.0 Å². The highest BCUT2D eigenvalue weighted by Crippen LogP contribution is 2.32. The van der Waals surface area contributed by atoms with E-state index in [0.717, 1.165) is 43.0 Å².